The van der Waals surface area contributed by atoms with Gasteiger partial charge in [0.1, 0.15) is 6.10 Å². The molecular formula is C22H30I2O3. The summed E-state index contributed by atoms with van der Waals surface area (Å²) in [7, 11) is 0. The topological polar surface area (TPSA) is 54.4 Å². The molecule has 0 bridgehead atoms. The Labute approximate surface area is 186 Å². The van der Waals surface area contributed by atoms with E-state index in [9.17, 15) is 14.7 Å². The number of Topliss-reactive ketones (excluding diaryl/α,β-unsaturated/α-hetero) is 1. The smallest absolute Gasteiger partial charge is 0.167 e. The third-order valence-corrected chi connectivity index (χ3v) is 8.26. The van der Waals surface area contributed by atoms with Gasteiger partial charge in [0.2, 0.25) is 0 Å². The highest BCUT2D eigenvalue weighted by molar-refractivity contribution is 15.0. The van der Waals surface area contributed by atoms with E-state index in [2.05, 4.69) is 51.1 Å². The third-order valence-electron chi connectivity index (χ3n) is 8.26. The van der Waals surface area contributed by atoms with Gasteiger partial charge in [-0.2, -0.15) is 0 Å². The zero-order valence-electron chi connectivity index (χ0n) is 16.5. The number of aliphatic hydroxyl groups excluding tert-OH is 1. The van der Waals surface area contributed by atoms with Crippen LogP contribution in [0.4, 0.5) is 0 Å². The highest BCUT2D eigenvalue weighted by Gasteiger charge is 2.62. The molecule has 0 amide bonds. The van der Waals surface area contributed by atoms with Crippen molar-refractivity contribution in [2.75, 3.05) is 0 Å². The van der Waals surface area contributed by atoms with Gasteiger partial charge in [-0.05, 0) is 86.3 Å². The van der Waals surface area contributed by atoms with E-state index in [1.807, 2.05) is 6.08 Å². The first kappa shape index (κ1) is 21.9. The molecule has 3 nitrogen and oxygen atoms in total. The zero-order valence-corrected chi connectivity index (χ0v) is 20.8. The average Bonchev–Trinajstić information content (AvgIpc) is 2.94. The van der Waals surface area contributed by atoms with Crippen LogP contribution >= 0.6 is 37.2 Å². The monoisotopic (exact) mass is 596 g/mol. The minimum Gasteiger partial charge on any atom is -0.386 e. The molecule has 0 aromatic rings. The zero-order chi connectivity index (χ0) is 20.0. The van der Waals surface area contributed by atoms with E-state index in [0.717, 1.165) is 44.9 Å². The van der Waals surface area contributed by atoms with E-state index in [1.165, 1.54) is 11.1 Å². The van der Waals surface area contributed by atoms with Crippen molar-refractivity contribution in [3.8, 4) is 0 Å². The molecular weight excluding hydrogens is 566 g/mol. The van der Waals surface area contributed by atoms with E-state index < -0.39 is 11.5 Å². The van der Waals surface area contributed by atoms with Crippen molar-refractivity contribution in [2.45, 2.75) is 78.2 Å². The molecule has 5 atom stereocenters. The van der Waals surface area contributed by atoms with Crippen LogP contribution in [-0.4, -0.2) is 22.8 Å². The molecule has 150 valence electrons. The molecule has 27 heavy (non-hydrogen) atoms. The SMILES string of the molecule is C[C@H](O)C(=O)[C@@]1(C)CC[C@H]2[C@@H]3CCC4=CC(=O)CCC4=C3CC[C@@]21C.II. The van der Waals surface area contributed by atoms with Crippen molar-refractivity contribution < 1.29 is 14.7 Å². The number of carbonyl (C=O) groups excluding carboxylic acids is 2. The second kappa shape index (κ2) is 8.17. The Morgan fingerprint density at radius 2 is 1.85 bits per heavy atom. The number of rotatable bonds is 2. The van der Waals surface area contributed by atoms with Crippen LogP contribution in [-0.2, 0) is 9.59 Å². The van der Waals surface area contributed by atoms with Gasteiger partial charge in [0.15, 0.2) is 11.6 Å². The molecule has 1 N–H and O–H groups in total. The molecule has 4 aliphatic rings. The maximum atomic E-state index is 12.8. The van der Waals surface area contributed by atoms with Crippen LogP contribution in [0.5, 0.6) is 0 Å². The average molecular weight is 596 g/mol. The lowest BCUT2D eigenvalue weighted by molar-refractivity contribution is -0.144. The first-order chi connectivity index (χ1) is 12.8. The minimum atomic E-state index is -0.870. The number of halogens is 2. The van der Waals surface area contributed by atoms with Crippen molar-refractivity contribution in [2.24, 2.45) is 22.7 Å². The van der Waals surface area contributed by atoms with Gasteiger partial charge >= 0.3 is 0 Å². The molecule has 2 saturated carbocycles. The highest BCUT2D eigenvalue weighted by Crippen LogP contribution is 2.67. The van der Waals surface area contributed by atoms with Gasteiger partial charge in [-0.15, -0.1) is 0 Å². The van der Waals surface area contributed by atoms with Gasteiger partial charge in [-0.3, -0.25) is 9.59 Å². The number of ketones is 2. The third kappa shape index (κ3) is 3.41. The summed E-state index contributed by atoms with van der Waals surface area (Å²) in [6.45, 7) is 6.03. The number of carbonyl (C=O) groups is 2. The lowest BCUT2D eigenvalue weighted by Gasteiger charge is -2.52. The van der Waals surface area contributed by atoms with Crippen molar-refractivity contribution in [1.82, 2.24) is 0 Å². The Morgan fingerprint density at radius 3 is 2.52 bits per heavy atom. The van der Waals surface area contributed by atoms with Crippen molar-refractivity contribution in [1.29, 1.82) is 0 Å². The summed E-state index contributed by atoms with van der Waals surface area (Å²) in [5.74, 6) is 1.43. The minimum absolute atomic E-state index is 0.0124. The summed E-state index contributed by atoms with van der Waals surface area (Å²) < 4.78 is 0. The summed E-state index contributed by atoms with van der Waals surface area (Å²) in [5.41, 5.74) is 3.96. The Bertz CT molecular complexity index is 708. The fourth-order valence-corrected chi connectivity index (χ4v) is 6.67. The lowest BCUT2D eigenvalue weighted by atomic mass is 9.51. The molecule has 4 aliphatic carbocycles. The fraction of sp³-hybridized carbons (Fsp3) is 0.727. The predicted molar refractivity (Wildman–Crippen MR) is 125 cm³/mol. The van der Waals surface area contributed by atoms with Gasteiger partial charge in [-0.1, -0.05) is 19.4 Å². The number of aliphatic hydroxyl groups is 1. The first-order valence-corrected chi connectivity index (χ1v) is 16.4. The quantitative estimate of drug-likeness (QED) is 0.403. The van der Waals surface area contributed by atoms with Crippen LogP contribution in [0.3, 0.4) is 0 Å². The van der Waals surface area contributed by atoms with Gasteiger partial charge in [0, 0.05) is 49.1 Å². The van der Waals surface area contributed by atoms with Crippen molar-refractivity contribution in [3.63, 3.8) is 0 Å². The predicted octanol–water partition coefficient (Wildman–Crippen LogP) is 5.92. The Hall–Kier alpha value is 0.240. The van der Waals surface area contributed by atoms with Crippen LogP contribution in [0.15, 0.2) is 22.8 Å². The van der Waals surface area contributed by atoms with Crippen molar-refractivity contribution in [3.05, 3.63) is 22.8 Å². The number of hydrogen-bond donors (Lipinski definition) is 1. The van der Waals surface area contributed by atoms with Gasteiger partial charge in [0.25, 0.3) is 0 Å². The standard InChI is InChI=1S/C22H30O3.I2/c1-13(23)20(25)22(3)11-9-19-18-6-4-14-12-15(24)5-7-16(14)17(18)8-10-21(19,22)2;1-2/h12-13,18-19,23H,4-11H2,1-3H3;/t13-,18+,19-,21-,22+;/m0./s1. The molecule has 2 fully saturated rings. The molecule has 0 radical (unpaired) electrons. The molecule has 4 rings (SSSR count). The molecule has 0 unspecified atom stereocenters. The van der Waals surface area contributed by atoms with E-state index in [-0.39, 0.29) is 17.0 Å². The van der Waals surface area contributed by atoms with Gasteiger partial charge < -0.3 is 5.11 Å². The molecule has 5 heteroatoms. The molecule has 0 spiro atoms. The number of hydrogen-bond acceptors (Lipinski definition) is 3. The number of fused-ring (bicyclic) bond motifs is 4. The first-order valence-electron chi connectivity index (χ1n) is 10.1. The summed E-state index contributed by atoms with van der Waals surface area (Å²) in [6, 6.07) is 0. The molecule has 0 aromatic carbocycles. The van der Waals surface area contributed by atoms with E-state index in [0.29, 0.717) is 18.3 Å². The maximum Gasteiger partial charge on any atom is 0.167 e. The highest BCUT2D eigenvalue weighted by atomic mass is 128. The second-order valence-corrected chi connectivity index (χ2v) is 9.22. The van der Waals surface area contributed by atoms with Crippen molar-refractivity contribution >= 4 is 48.8 Å². The molecule has 0 aliphatic heterocycles. The summed E-state index contributed by atoms with van der Waals surface area (Å²) in [4.78, 5) is 24.6. The molecule has 0 aromatic heterocycles. The fourth-order valence-electron chi connectivity index (χ4n) is 6.67. The normalized spacial score (nSPS) is 38.7. The van der Waals surface area contributed by atoms with Gasteiger partial charge in [-0.25, -0.2) is 0 Å². The number of allylic oxidation sites excluding steroid dienone is 4. The Kier molecular flexibility index (Phi) is 6.64. The van der Waals surface area contributed by atoms with Crippen LogP contribution in [0.1, 0.15) is 72.1 Å². The van der Waals surface area contributed by atoms with E-state index in [1.54, 1.807) is 12.5 Å². The summed E-state index contributed by atoms with van der Waals surface area (Å²) in [5, 5.41) is 9.96. The summed E-state index contributed by atoms with van der Waals surface area (Å²) in [6.07, 6.45) is 8.82. The maximum absolute atomic E-state index is 12.8. The van der Waals surface area contributed by atoms with Crippen LogP contribution in [0.25, 0.3) is 0 Å². The second-order valence-electron chi connectivity index (χ2n) is 9.22. The Morgan fingerprint density at radius 1 is 1.15 bits per heavy atom. The largest absolute Gasteiger partial charge is 0.386 e. The van der Waals surface area contributed by atoms with E-state index >= 15 is 0 Å². The van der Waals surface area contributed by atoms with Crippen LogP contribution in [0.2, 0.25) is 0 Å². The lowest BCUT2D eigenvalue weighted by Crippen LogP contribution is -2.50. The molecule has 0 saturated heterocycles. The van der Waals surface area contributed by atoms with Gasteiger partial charge in [0.05, 0.1) is 0 Å². The summed E-state index contributed by atoms with van der Waals surface area (Å²) >= 11 is 4.24. The Balaban J connectivity index is 0.00000102. The van der Waals surface area contributed by atoms with E-state index in [4.69, 9.17) is 0 Å². The molecule has 0 heterocycles. The van der Waals surface area contributed by atoms with Crippen LogP contribution < -0.4 is 0 Å². The van der Waals surface area contributed by atoms with Crippen LogP contribution in [0, 0.1) is 22.7 Å².